The molecule has 0 radical (unpaired) electrons. The molecule has 1 fully saturated rings. The zero-order valence-corrected chi connectivity index (χ0v) is 12.1. The summed E-state index contributed by atoms with van der Waals surface area (Å²) in [5, 5.41) is 8.64. The van der Waals surface area contributed by atoms with Gasteiger partial charge >= 0.3 is 6.09 Å². The van der Waals surface area contributed by atoms with Crippen LogP contribution in [0.25, 0.3) is 0 Å². The molecule has 1 saturated heterocycles. The number of nitrogens with zero attached hydrogens (tertiary/aromatic N) is 2. The summed E-state index contributed by atoms with van der Waals surface area (Å²) >= 11 is 0. The van der Waals surface area contributed by atoms with E-state index < -0.39 is 6.09 Å². The van der Waals surface area contributed by atoms with Crippen LogP contribution < -0.4 is 11.1 Å². The summed E-state index contributed by atoms with van der Waals surface area (Å²) in [7, 11) is 0. The van der Waals surface area contributed by atoms with Crippen molar-refractivity contribution in [3.63, 3.8) is 0 Å². The van der Waals surface area contributed by atoms with Crippen molar-refractivity contribution in [2.75, 3.05) is 19.6 Å². The molecular weight excluding hydrogens is 268 g/mol. The van der Waals surface area contributed by atoms with E-state index >= 15 is 0 Å². The van der Waals surface area contributed by atoms with Crippen molar-refractivity contribution in [3.8, 4) is 0 Å². The Morgan fingerprint density at radius 3 is 2.76 bits per heavy atom. The molecule has 1 heterocycles. The zero-order chi connectivity index (χ0) is 14.9. The highest BCUT2D eigenvalue weighted by molar-refractivity contribution is 5.81. The van der Waals surface area contributed by atoms with Crippen molar-refractivity contribution < 1.29 is 9.53 Å². The summed E-state index contributed by atoms with van der Waals surface area (Å²) in [5.74, 6) is 0.597. The highest BCUT2D eigenvalue weighted by Crippen LogP contribution is 2.15. The Bertz CT molecular complexity index is 456. The molecule has 0 aliphatic carbocycles. The van der Waals surface area contributed by atoms with Gasteiger partial charge in [0.2, 0.25) is 0 Å². The van der Waals surface area contributed by atoms with Crippen LogP contribution in [0.5, 0.6) is 0 Å². The number of nitrogens with one attached hydrogen (secondary N) is 1. The Hall–Kier alpha value is -2.08. The number of amides is 1. The summed E-state index contributed by atoms with van der Waals surface area (Å²) in [6.07, 6.45) is 2.98. The van der Waals surface area contributed by atoms with Crippen LogP contribution in [0.2, 0.25) is 0 Å². The van der Waals surface area contributed by atoms with Crippen molar-refractivity contribution in [2.45, 2.75) is 19.4 Å². The molecule has 3 N–H and O–H groups in total. The monoisotopic (exact) mass is 290 g/mol. The second-order valence-electron chi connectivity index (χ2n) is 5.08. The van der Waals surface area contributed by atoms with E-state index in [-0.39, 0.29) is 6.61 Å². The maximum absolute atomic E-state index is 11.5. The van der Waals surface area contributed by atoms with Crippen LogP contribution in [0.3, 0.4) is 0 Å². The molecule has 6 nitrogen and oxygen atoms in total. The molecule has 0 unspecified atom stereocenters. The van der Waals surface area contributed by atoms with E-state index in [0.717, 1.165) is 38.0 Å². The zero-order valence-electron chi connectivity index (χ0n) is 12.1. The summed E-state index contributed by atoms with van der Waals surface area (Å²) in [6, 6.07) is 9.54. The highest BCUT2D eigenvalue weighted by Gasteiger charge is 2.16. The number of piperidine rings is 1. The lowest BCUT2D eigenvalue weighted by atomic mass is 9.98. The topological polar surface area (TPSA) is 80.0 Å². The fraction of sp³-hybridized carbons (Fsp3) is 0.467. The third-order valence-electron chi connectivity index (χ3n) is 3.54. The molecule has 0 atom stereocenters. The van der Waals surface area contributed by atoms with E-state index in [0.29, 0.717) is 5.92 Å². The van der Waals surface area contributed by atoms with Crippen molar-refractivity contribution in [1.82, 2.24) is 10.3 Å². The molecule has 21 heavy (non-hydrogen) atoms. The van der Waals surface area contributed by atoms with Gasteiger partial charge in [0, 0.05) is 13.1 Å². The molecule has 6 heteroatoms. The Balaban J connectivity index is 1.63. The Morgan fingerprint density at radius 1 is 1.38 bits per heavy atom. The molecule has 0 saturated carbocycles. The molecule has 2 rings (SSSR count). The smallest absolute Gasteiger partial charge is 0.412 e. The quantitative estimate of drug-likeness (QED) is 0.636. The van der Waals surface area contributed by atoms with Crippen molar-refractivity contribution in [2.24, 2.45) is 16.8 Å². The standard InChI is InChI=1S/C15H22N4O2/c16-10-13-6-8-19(9-7-13)18-12-17-15(20)21-11-14-4-2-1-3-5-14/h1-5,12-13H,6-11,16H2,(H,17,18,20). The first-order valence-corrected chi connectivity index (χ1v) is 7.22. The first-order valence-electron chi connectivity index (χ1n) is 7.22. The minimum Gasteiger partial charge on any atom is -0.444 e. The maximum Gasteiger partial charge on any atom is 0.412 e. The van der Waals surface area contributed by atoms with Crippen molar-refractivity contribution in [1.29, 1.82) is 0 Å². The molecule has 114 valence electrons. The van der Waals surface area contributed by atoms with Crippen LogP contribution in [0.4, 0.5) is 4.79 Å². The van der Waals surface area contributed by atoms with E-state index in [2.05, 4.69) is 10.4 Å². The van der Waals surface area contributed by atoms with Gasteiger partial charge in [-0.3, -0.25) is 10.3 Å². The summed E-state index contributed by atoms with van der Waals surface area (Å²) in [6.45, 7) is 2.74. The SMILES string of the molecule is NCC1CCN(N=CNC(=O)OCc2ccccc2)CC1. The molecule has 1 aliphatic rings. The number of benzene rings is 1. The van der Waals surface area contributed by atoms with Crippen LogP contribution in [0.1, 0.15) is 18.4 Å². The molecule has 0 bridgehead atoms. The predicted octanol–water partition coefficient (Wildman–Crippen LogP) is 1.53. The minimum absolute atomic E-state index is 0.252. The van der Waals surface area contributed by atoms with Gasteiger partial charge in [0.1, 0.15) is 12.9 Å². The Kier molecular flexibility index (Phi) is 6.02. The minimum atomic E-state index is -0.501. The van der Waals surface area contributed by atoms with Gasteiger partial charge in [0.15, 0.2) is 0 Å². The van der Waals surface area contributed by atoms with Gasteiger partial charge in [0.05, 0.1) is 0 Å². The molecule has 1 aliphatic heterocycles. The molecule has 1 aromatic rings. The lowest BCUT2D eigenvalue weighted by molar-refractivity contribution is 0.145. The highest BCUT2D eigenvalue weighted by atomic mass is 16.5. The van der Waals surface area contributed by atoms with Gasteiger partial charge in [-0.15, -0.1) is 0 Å². The van der Waals surface area contributed by atoms with Gasteiger partial charge in [-0.05, 0) is 30.9 Å². The largest absolute Gasteiger partial charge is 0.444 e. The number of ether oxygens (including phenoxy) is 1. The van der Waals surface area contributed by atoms with Gasteiger partial charge in [-0.25, -0.2) is 4.79 Å². The average Bonchev–Trinajstić information content (AvgIpc) is 2.54. The number of hydrogen-bond acceptors (Lipinski definition) is 5. The lowest BCUT2D eigenvalue weighted by Crippen LogP contribution is -2.34. The van der Waals surface area contributed by atoms with E-state index in [4.69, 9.17) is 10.5 Å². The van der Waals surface area contributed by atoms with Gasteiger partial charge in [-0.1, -0.05) is 30.3 Å². The Morgan fingerprint density at radius 2 is 2.10 bits per heavy atom. The lowest BCUT2D eigenvalue weighted by Gasteiger charge is -2.28. The summed E-state index contributed by atoms with van der Waals surface area (Å²) in [4.78, 5) is 11.5. The number of carbonyl (C=O) groups is 1. The normalized spacial score (nSPS) is 16.1. The van der Waals surface area contributed by atoms with E-state index in [1.165, 1.54) is 6.34 Å². The third kappa shape index (κ3) is 5.43. The van der Waals surface area contributed by atoms with Gasteiger partial charge in [-0.2, -0.15) is 5.10 Å². The van der Waals surface area contributed by atoms with Gasteiger partial charge in [0.25, 0.3) is 0 Å². The fourth-order valence-corrected chi connectivity index (χ4v) is 2.20. The first-order chi connectivity index (χ1) is 10.3. The maximum atomic E-state index is 11.5. The van der Waals surface area contributed by atoms with Crippen LogP contribution in [-0.4, -0.2) is 37.1 Å². The van der Waals surface area contributed by atoms with Gasteiger partial charge < -0.3 is 10.5 Å². The number of nitrogens with two attached hydrogens (primary N) is 1. The predicted molar refractivity (Wildman–Crippen MR) is 81.6 cm³/mol. The van der Waals surface area contributed by atoms with Crippen LogP contribution in [0.15, 0.2) is 35.4 Å². The van der Waals surface area contributed by atoms with Crippen LogP contribution in [0, 0.1) is 5.92 Å². The first kappa shape index (κ1) is 15.3. The second-order valence-corrected chi connectivity index (χ2v) is 5.08. The average molecular weight is 290 g/mol. The number of carbonyl (C=O) groups excluding carboxylic acids is 1. The number of rotatable bonds is 5. The Labute approximate surface area is 125 Å². The van der Waals surface area contributed by atoms with Crippen LogP contribution >= 0.6 is 0 Å². The number of alkyl carbamates (subject to hydrolysis) is 1. The summed E-state index contributed by atoms with van der Waals surface area (Å²) < 4.78 is 5.08. The number of hydrogen-bond donors (Lipinski definition) is 2. The third-order valence-corrected chi connectivity index (χ3v) is 3.54. The summed E-state index contributed by atoms with van der Waals surface area (Å²) in [5.41, 5.74) is 6.59. The second kappa shape index (κ2) is 8.26. The van der Waals surface area contributed by atoms with Crippen molar-refractivity contribution in [3.05, 3.63) is 35.9 Å². The van der Waals surface area contributed by atoms with Crippen LogP contribution in [-0.2, 0) is 11.3 Å². The van der Waals surface area contributed by atoms with E-state index in [1.54, 1.807) is 0 Å². The van der Waals surface area contributed by atoms with E-state index in [1.807, 2.05) is 35.3 Å². The van der Waals surface area contributed by atoms with E-state index in [9.17, 15) is 4.79 Å². The molecule has 1 aromatic carbocycles. The molecule has 1 amide bonds. The molecular formula is C15H22N4O2. The van der Waals surface area contributed by atoms with Crippen molar-refractivity contribution >= 4 is 12.4 Å². The fourth-order valence-electron chi connectivity index (χ4n) is 2.20. The molecule has 0 spiro atoms. The number of hydrazone groups is 1. The molecule has 0 aromatic heterocycles.